The highest BCUT2D eigenvalue weighted by atomic mass is 35.5. The SMILES string of the molecule is O=C(COc1ccc(Cl)cc1)Nc1cccc(-c2cc3c(o2)CCN(C(=O)c2ccc(F)cc2)C3)c1. The summed E-state index contributed by atoms with van der Waals surface area (Å²) in [5.41, 5.74) is 2.79. The molecule has 0 saturated carbocycles. The Morgan fingerprint density at radius 3 is 2.58 bits per heavy atom. The number of ether oxygens (including phenoxy) is 1. The number of anilines is 1. The highest BCUT2D eigenvalue weighted by Crippen LogP contribution is 2.31. The van der Waals surface area contributed by atoms with Crippen LogP contribution in [-0.4, -0.2) is 29.9 Å². The average molecular weight is 505 g/mol. The minimum atomic E-state index is -0.376. The summed E-state index contributed by atoms with van der Waals surface area (Å²) in [6, 6.07) is 21.6. The molecule has 0 radical (unpaired) electrons. The van der Waals surface area contributed by atoms with Crippen LogP contribution in [0.15, 0.2) is 83.3 Å². The van der Waals surface area contributed by atoms with Gasteiger partial charge >= 0.3 is 0 Å². The van der Waals surface area contributed by atoms with Crippen LogP contribution in [0.2, 0.25) is 5.02 Å². The Bertz CT molecular complexity index is 1400. The minimum Gasteiger partial charge on any atom is -0.484 e. The van der Waals surface area contributed by atoms with Gasteiger partial charge in [0.1, 0.15) is 23.1 Å². The third-order valence-corrected chi connectivity index (χ3v) is 6.11. The Hall–Kier alpha value is -4.10. The zero-order valence-electron chi connectivity index (χ0n) is 19.2. The maximum Gasteiger partial charge on any atom is 0.262 e. The first-order valence-corrected chi connectivity index (χ1v) is 11.8. The van der Waals surface area contributed by atoms with Gasteiger partial charge in [0.25, 0.3) is 11.8 Å². The van der Waals surface area contributed by atoms with Crippen molar-refractivity contribution in [2.45, 2.75) is 13.0 Å². The summed E-state index contributed by atoms with van der Waals surface area (Å²) in [5.74, 6) is 1.23. The van der Waals surface area contributed by atoms with Crippen molar-refractivity contribution in [3.8, 4) is 17.1 Å². The predicted octanol–water partition coefficient (Wildman–Crippen LogP) is 5.96. The van der Waals surface area contributed by atoms with E-state index < -0.39 is 0 Å². The maximum atomic E-state index is 13.2. The molecule has 2 heterocycles. The molecule has 182 valence electrons. The lowest BCUT2D eigenvalue weighted by Gasteiger charge is -2.26. The van der Waals surface area contributed by atoms with Crippen LogP contribution in [0, 0.1) is 5.82 Å². The third-order valence-electron chi connectivity index (χ3n) is 5.86. The molecule has 0 atom stereocenters. The van der Waals surface area contributed by atoms with Crippen LogP contribution in [-0.2, 0) is 17.8 Å². The molecule has 1 aliphatic rings. The van der Waals surface area contributed by atoms with Crippen LogP contribution in [0.5, 0.6) is 5.75 Å². The fourth-order valence-corrected chi connectivity index (χ4v) is 4.18. The van der Waals surface area contributed by atoms with E-state index in [4.69, 9.17) is 20.8 Å². The van der Waals surface area contributed by atoms with E-state index in [0.717, 1.165) is 16.9 Å². The van der Waals surface area contributed by atoms with E-state index in [-0.39, 0.29) is 24.2 Å². The summed E-state index contributed by atoms with van der Waals surface area (Å²) in [4.78, 5) is 26.9. The molecule has 1 N–H and O–H groups in total. The normalized spacial score (nSPS) is 12.7. The third kappa shape index (κ3) is 5.42. The van der Waals surface area contributed by atoms with Gasteiger partial charge in [0.15, 0.2) is 6.61 Å². The zero-order valence-corrected chi connectivity index (χ0v) is 19.9. The number of carbonyl (C=O) groups excluding carboxylic acids is 2. The number of rotatable bonds is 6. The number of hydrogen-bond donors (Lipinski definition) is 1. The van der Waals surface area contributed by atoms with Gasteiger partial charge in [-0.15, -0.1) is 0 Å². The smallest absolute Gasteiger partial charge is 0.262 e. The maximum absolute atomic E-state index is 13.2. The first-order valence-electron chi connectivity index (χ1n) is 11.4. The summed E-state index contributed by atoms with van der Waals surface area (Å²) < 4.78 is 24.8. The van der Waals surface area contributed by atoms with Gasteiger partial charge in [-0.25, -0.2) is 4.39 Å². The Morgan fingerprint density at radius 1 is 1.03 bits per heavy atom. The van der Waals surface area contributed by atoms with E-state index in [1.54, 1.807) is 35.2 Å². The molecule has 36 heavy (non-hydrogen) atoms. The largest absolute Gasteiger partial charge is 0.484 e. The quantitative estimate of drug-likeness (QED) is 0.352. The predicted molar refractivity (Wildman–Crippen MR) is 135 cm³/mol. The van der Waals surface area contributed by atoms with Crippen molar-refractivity contribution >= 4 is 29.1 Å². The highest BCUT2D eigenvalue weighted by molar-refractivity contribution is 6.30. The van der Waals surface area contributed by atoms with Crippen molar-refractivity contribution < 1.29 is 23.1 Å². The van der Waals surface area contributed by atoms with Crippen molar-refractivity contribution in [3.63, 3.8) is 0 Å². The summed E-state index contributed by atoms with van der Waals surface area (Å²) in [7, 11) is 0. The Labute approximate surface area is 212 Å². The van der Waals surface area contributed by atoms with Crippen LogP contribution in [0.3, 0.4) is 0 Å². The van der Waals surface area contributed by atoms with Gasteiger partial charge < -0.3 is 19.4 Å². The van der Waals surface area contributed by atoms with E-state index in [2.05, 4.69) is 5.32 Å². The average Bonchev–Trinajstić information content (AvgIpc) is 3.32. The van der Waals surface area contributed by atoms with Crippen LogP contribution >= 0.6 is 11.6 Å². The minimum absolute atomic E-state index is 0.140. The molecule has 0 unspecified atom stereocenters. The molecule has 1 aromatic heterocycles. The van der Waals surface area contributed by atoms with Gasteiger partial charge in [0.05, 0.1) is 0 Å². The van der Waals surface area contributed by atoms with E-state index in [9.17, 15) is 14.0 Å². The molecule has 0 fully saturated rings. The van der Waals surface area contributed by atoms with Crippen LogP contribution in [0.25, 0.3) is 11.3 Å². The lowest BCUT2D eigenvalue weighted by molar-refractivity contribution is -0.118. The van der Waals surface area contributed by atoms with Crippen LogP contribution in [0.4, 0.5) is 10.1 Å². The van der Waals surface area contributed by atoms with E-state index in [0.29, 0.717) is 47.3 Å². The molecule has 0 aliphatic carbocycles. The van der Waals surface area contributed by atoms with Gasteiger partial charge in [0, 0.05) is 46.9 Å². The molecule has 0 bridgehead atoms. The van der Waals surface area contributed by atoms with Gasteiger partial charge in [-0.3, -0.25) is 9.59 Å². The molecule has 8 heteroatoms. The lowest BCUT2D eigenvalue weighted by Crippen LogP contribution is -2.35. The first kappa shape index (κ1) is 23.6. The van der Waals surface area contributed by atoms with Crippen molar-refractivity contribution in [1.29, 1.82) is 0 Å². The van der Waals surface area contributed by atoms with Crippen molar-refractivity contribution in [2.75, 3.05) is 18.5 Å². The Balaban J connectivity index is 1.23. The molecule has 5 rings (SSSR count). The summed E-state index contributed by atoms with van der Waals surface area (Å²) in [6.07, 6.45) is 0.584. The zero-order chi connectivity index (χ0) is 25.1. The second-order valence-electron chi connectivity index (χ2n) is 8.41. The Morgan fingerprint density at radius 2 is 1.81 bits per heavy atom. The number of fused-ring (bicyclic) bond motifs is 1. The van der Waals surface area contributed by atoms with Crippen LogP contribution < -0.4 is 10.1 Å². The number of halogens is 2. The molecule has 4 aromatic rings. The Kier molecular flexibility index (Phi) is 6.73. The number of carbonyl (C=O) groups is 2. The van der Waals surface area contributed by atoms with Gasteiger partial charge in [-0.05, 0) is 66.7 Å². The fourth-order valence-electron chi connectivity index (χ4n) is 4.05. The summed E-state index contributed by atoms with van der Waals surface area (Å²) >= 11 is 5.86. The molecular formula is C28H22ClFN2O4. The van der Waals surface area contributed by atoms with Crippen molar-refractivity contribution in [1.82, 2.24) is 4.90 Å². The molecule has 6 nitrogen and oxygen atoms in total. The summed E-state index contributed by atoms with van der Waals surface area (Å²) in [6.45, 7) is 0.784. The van der Waals surface area contributed by atoms with Gasteiger partial charge in [-0.1, -0.05) is 23.7 Å². The molecule has 0 saturated heterocycles. The van der Waals surface area contributed by atoms with Crippen molar-refractivity contribution in [3.05, 3.63) is 107 Å². The molecule has 3 aromatic carbocycles. The van der Waals surface area contributed by atoms with E-state index in [1.807, 2.05) is 24.3 Å². The second kappa shape index (κ2) is 10.3. The molecular weight excluding hydrogens is 483 g/mol. The van der Waals surface area contributed by atoms with E-state index >= 15 is 0 Å². The standard InChI is InChI=1S/C28H22ClFN2O4/c29-21-6-10-24(11-7-21)35-17-27(33)31-23-3-1-2-19(14-23)26-15-20-16-32(13-12-25(20)36-26)28(34)18-4-8-22(30)9-5-18/h1-11,14-15H,12-13,16-17H2,(H,31,33). The second-order valence-corrected chi connectivity index (χ2v) is 8.85. The number of hydrogen-bond acceptors (Lipinski definition) is 4. The highest BCUT2D eigenvalue weighted by Gasteiger charge is 2.25. The molecule has 0 spiro atoms. The topological polar surface area (TPSA) is 71.8 Å². The molecule has 1 aliphatic heterocycles. The van der Waals surface area contributed by atoms with Gasteiger partial charge in [-0.2, -0.15) is 0 Å². The number of benzene rings is 3. The van der Waals surface area contributed by atoms with Crippen LogP contribution in [0.1, 0.15) is 21.7 Å². The summed E-state index contributed by atoms with van der Waals surface area (Å²) in [5, 5.41) is 3.42. The number of nitrogens with zero attached hydrogens (tertiary/aromatic N) is 1. The van der Waals surface area contributed by atoms with Gasteiger partial charge in [0.2, 0.25) is 0 Å². The lowest BCUT2D eigenvalue weighted by atomic mass is 10.1. The number of amides is 2. The van der Waals surface area contributed by atoms with E-state index in [1.165, 1.54) is 24.3 Å². The monoisotopic (exact) mass is 504 g/mol. The fraction of sp³-hybridized carbons (Fsp3) is 0.143. The number of furan rings is 1. The number of nitrogens with one attached hydrogen (secondary N) is 1. The first-order chi connectivity index (χ1) is 17.4. The molecule has 2 amide bonds. The van der Waals surface area contributed by atoms with Crippen molar-refractivity contribution in [2.24, 2.45) is 0 Å².